The molecule has 1 aliphatic rings. The third-order valence-electron chi connectivity index (χ3n) is 4.27. The number of hydrogen-bond acceptors (Lipinski definition) is 1. The molecule has 0 aliphatic heterocycles. The minimum absolute atomic E-state index is 0.423. The second kappa shape index (κ2) is 6.76. The fraction of sp³-hybridized carbons (Fsp3) is 0.647. The molecule has 0 heterocycles. The third kappa shape index (κ3) is 4.22. The number of rotatable bonds is 6. The highest BCUT2D eigenvalue weighted by Crippen LogP contribution is 2.31. The average molecular weight is 280 g/mol. The van der Waals surface area contributed by atoms with E-state index in [4.69, 9.17) is 11.6 Å². The third-order valence-corrected chi connectivity index (χ3v) is 4.52. The van der Waals surface area contributed by atoms with Gasteiger partial charge in [-0.1, -0.05) is 56.8 Å². The van der Waals surface area contributed by atoms with Crippen LogP contribution in [-0.4, -0.2) is 6.04 Å². The van der Waals surface area contributed by atoms with Gasteiger partial charge >= 0.3 is 0 Å². The van der Waals surface area contributed by atoms with Crippen molar-refractivity contribution in [3.8, 4) is 0 Å². The van der Waals surface area contributed by atoms with Gasteiger partial charge in [0.2, 0.25) is 0 Å². The van der Waals surface area contributed by atoms with E-state index in [-0.39, 0.29) is 0 Å². The second-order valence-corrected chi connectivity index (χ2v) is 6.81. The van der Waals surface area contributed by atoms with Gasteiger partial charge in [-0.15, -0.1) is 0 Å². The van der Waals surface area contributed by atoms with E-state index in [1.54, 1.807) is 0 Å². The van der Waals surface area contributed by atoms with Crippen molar-refractivity contribution in [3.63, 3.8) is 0 Å². The van der Waals surface area contributed by atoms with Crippen molar-refractivity contribution >= 4 is 11.6 Å². The summed E-state index contributed by atoms with van der Waals surface area (Å²) in [6, 6.07) is 9.29. The van der Waals surface area contributed by atoms with Gasteiger partial charge in [-0.25, -0.2) is 0 Å². The molecule has 19 heavy (non-hydrogen) atoms. The van der Waals surface area contributed by atoms with Crippen LogP contribution in [0.1, 0.15) is 58.1 Å². The van der Waals surface area contributed by atoms with Gasteiger partial charge in [0.1, 0.15) is 0 Å². The van der Waals surface area contributed by atoms with Crippen LogP contribution in [0.4, 0.5) is 0 Å². The summed E-state index contributed by atoms with van der Waals surface area (Å²) in [4.78, 5) is 0. The summed E-state index contributed by atoms with van der Waals surface area (Å²) in [5.41, 5.74) is 1.35. The Kier molecular flexibility index (Phi) is 5.29. The summed E-state index contributed by atoms with van der Waals surface area (Å²) in [6.45, 7) is 6.88. The first kappa shape index (κ1) is 14.9. The lowest BCUT2D eigenvalue weighted by Gasteiger charge is -2.32. The van der Waals surface area contributed by atoms with Gasteiger partial charge in [-0.3, -0.25) is 0 Å². The molecular weight excluding hydrogens is 254 g/mol. The zero-order valence-electron chi connectivity index (χ0n) is 12.3. The first-order valence-corrected chi connectivity index (χ1v) is 7.95. The van der Waals surface area contributed by atoms with Gasteiger partial charge in [0, 0.05) is 17.1 Å². The van der Waals surface area contributed by atoms with Crippen molar-refractivity contribution in [2.45, 2.75) is 58.5 Å². The fourth-order valence-electron chi connectivity index (χ4n) is 2.95. The molecule has 106 valence electrons. The molecule has 2 rings (SSSR count). The van der Waals surface area contributed by atoms with E-state index in [9.17, 15) is 0 Å². The monoisotopic (exact) mass is 279 g/mol. The van der Waals surface area contributed by atoms with E-state index in [0.29, 0.717) is 18.0 Å². The van der Waals surface area contributed by atoms with E-state index in [2.05, 4.69) is 38.2 Å². The predicted octanol–water partition coefficient (Wildman–Crippen LogP) is 5.21. The zero-order chi connectivity index (χ0) is 13.8. The lowest BCUT2D eigenvalue weighted by Crippen LogP contribution is -2.35. The summed E-state index contributed by atoms with van der Waals surface area (Å²) < 4.78 is 0. The lowest BCUT2D eigenvalue weighted by atomic mass is 9.81. The van der Waals surface area contributed by atoms with Gasteiger partial charge in [-0.2, -0.15) is 0 Å². The van der Waals surface area contributed by atoms with Crippen LogP contribution in [0.15, 0.2) is 24.3 Å². The molecule has 1 saturated carbocycles. The van der Waals surface area contributed by atoms with Crippen LogP contribution < -0.4 is 5.32 Å². The van der Waals surface area contributed by atoms with Crippen molar-refractivity contribution in [3.05, 3.63) is 34.9 Å². The molecule has 2 unspecified atom stereocenters. The van der Waals surface area contributed by atoms with Gasteiger partial charge in [-0.05, 0) is 42.9 Å². The normalized spacial score (nSPS) is 19.2. The standard InChI is InChI=1S/C17H26ClN/c1-12(2)17(15-7-9-16(18)10-8-15)19-13(3)11-14-5-4-6-14/h7-10,12-14,17,19H,4-6,11H2,1-3H3. The minimum atomic E-state index is 0.423. The van der Waals surface area contributed by atoms with E-state index in [1.807, 2.05) is 12.1 Å². The summed E-state index contributed by atoms with van der Waals surface area (Å²) in [7, 11) is 0. The van der Waals surface area contributed by atoms with Crippen LogP contribution in [-0.2, 0) is 0 Å². The maximum Gasteiger partial charge on any atom is 0.0406 e. The molecule has 0 amide bonds. The molecule has 0 radical (unpaired) electrons. The highest BCUT2D eigenvalue weighted by Gasteiger charge is 2.23. The Morgan fingerprint density at radius 3 is 2.26 bits per heavy atom. The largest absolute Gasteiger partial charge is 0.307 e. The van der Waals surface area contributed by atoms with Crippen LogP contribution in [0.25, 0.3) is 0 Å². The Bertz CT molecular complexity index is 381. The molecule has 1 N–H and O–H groups in total. The SMILES string of the molecule is CC(CC1CCC1)NC(c1ccc(Cl)cc1)C(C)C. The first-order chi connectivity index (χ1) is 9.06. The van der Waals surface area contributed by atoms with Crippen molar-refractivity contribution in [2.24, 2.45) is 11.8 Å². The Morgan fingerprint density at radius 1 is 1.16 bits per heavy atom. The number of halogens is 1. The molecule has 1 aliphatic carbocycles. The number of benzene rings is 1. The fourth-order valence-corrected chi connectivity index (χ4v) is 3.07. The summed E-state index contributed by atoms with van der Waals surface area (Å²) >= 11 is 5.98. The molecule has 0 bridgehead atoms. The highest BCUT2D eigenvalue weighted by molar-refractivity contribution is 6.30. The van der Waals surface area contributed by atoms with Crippen molar-refractivity contribution in [2.75, 3.05) is 0 Å². The van der Waals surface area contributed by atoms with E-state index in [1.165, 1.54) is 31.2 Å². The van der Waals surface area contributed by atoms with Gasteiger partial charge in [0.05, 0.1) is 0 Å². The summed E-state index contributed by atoms with van der Waals surface area (Å²) in [6.07, 6.45) is 5.61. The van der Waals surface area contributed by atoms with Crippen LogP contribution in [0.5, 0.6) is 0 Å². The topological polar surface area (TPSA) is 12.0 Å². The Morgan fingerprint density at radius 2 is 1.79 bits per heavy atom. The average Bonchev–Trinajstić information content (AvgIpc) is 2.32. The van der Waals surface area contributed by atoms with E-state index >= 15 is 0 Å². The van der Waals surface area contributed by atoms with Crippen molar-refractivity contribution < 1.29 is 0 Å². The maximum atomic E-state index is 5.98. The van der Waals surface area contributed by atoms with E-state index < -0.39 is 0 Å². The lowest BCUT2D eigenvalue weighted by molar-refractivity contribution is 0.247. The van der Waals surface area contributed by atoms with Crippen LogP contribution in [0, 0.1) is 11.8 Å². The van der Waals surface area contributed by atoms with Gasteiger partial charge in [0.25, 0.3) is 0 Å². The summed E-state index contributed by atoms with van der Waals surface area (Å²) in [5, 5.41) is 4.62. The first-order valence-electron chi connectivity index (χ1n) is 7.57. The van der Waals surface area contributed by atoms with Crippen molar-refractivity contribution in [1.29, 1.82) is 0 Å². The van der Waals surface area contributed by atoms with Crippen LogP contribution in [0.3, 0.4) is 0 Å². The number of nitrogens with one attached hydrogen (secondary N) is 1. The molecule has 0 aromatic heterocycles. The molecular formula is C17H26ClN. The second-order valence-electron chi connectivity index (χ2n) is 6.37. The smallest absolute Gasteiger partial charge is 0.0406 e. The maximum absolute atomic E-state index is 5.98. The molecule has 1 nitrogen and oxygen atoms in total. The molecule has 2 atom stereocenters. The van der Waals surface area contributed by atoms with E-state index in [0.717, 1.165) is 10.9 Å². The van der Waals surface area contributed by atoms with Crippen molar-refractivity contribution in [1.82, 2.24) is 5.32 Å². The quantitative estimate of drug-likeness (QED) is 0.754. The minimum Gasteiger partial charge on any atom is -0.307 e. The Hall–Kier alpha value is -0.530. The predicted molar refractivity (Wildman–Crippen MR) is 83.6 cm³/mol. The molecule has 2 heteroatoms. The van der Waals surface area contributed by atoms with Crippen LogP contribution >= 0.6 is 11.6 Å². The Labute approximate surface area is 122 Å². The molecule has 0 saturated heterocycles. The number of hydrogen-bond donors (Lipinski definition) is 1. The van der Waals surface area contributed by atoms with Crippen LogP contribution in [0.2, 0.25) is 5.02 Å². The van der Waals surface area contributed by atoms with Gasteiger partial charge < -0.3 is 5.32 Å². The highest BCUT2D eigenvalue weighted by atomic mass is 35.5. The Balaban J connectivity index is 1.96. The molecule has 1 aromatic rings. The summed E-state index contributed by atoms with van der Waals surface area (Å²) in [5.74, 6) is 1.55. The molecule has 0 spiro atoms. The molecule has 1 aromatic carbocycles. The molecule has 1 fully saturated rings. The zero-order valence-corrected chi connectivity index (χ0v) is 13.1. The van der Waals surface area contributed by atoms with Gasteiger partial charge in [0.15, 0.2) is 0 Å².